The van der Waals surface area contributed by atoms with Crippen molar-refractivity contribution in [2.45, 2.75) is 6.92 Å². The van der Waals surface area contributed by atoms with E-state index in [0.717, 1.165) is 16.9 Å². The van der Waals surface area contributed by atoms with Gasteiger partial charge in [-0.25, -0.2) is 4.79 Å². The van der Waals surface area contributed by atoms with Gasteiger partial charge in [0.25, 0.3) is 0 Å². The van der Waals surface area contributed by atoms with E-state index in [2.05, 4.69) is 0 Å². The average Bonchev–Trinajstić information content (AvgIpc) is 2.86. The lowest BCUT2D eigenvalue weighted by Crippen LogP contribution is -2.13. The lowest BCUT2D eigenvalue weighted by atomic mass is 10.1. The molecule has 0 atom stereocenters. The fourth-order valence-electron chi connectivity index (χ4n) is 3.17. The van der Waals surface area contributed by atoms with E-state index < -0.39 is 6.16 Å². The molecule has 0 aliphatic carbocycles. The minimum atomic E-state index is -0.854. The lowest BCUT2D eigenvalue weighted by molar-refractivity contribution is -0.131. The zero-order chi connectivity index (χ0) is 24.6. The van der Waals surface area contributed by atoms with E-state index in [1.54, 1.807) is 79.9 Å². The molecule has 0 bridgehead atoms. The van der Waals surface area contributed by atoms with E-state index in [9.17, 15) is 9.59 Å². The molecule has 0 amide bonds. The van der Waals surface area contributed by atoms with Gasteiger partial charge in [-0.2, -0.15) is 0 Å². The summed E-state index contributed by atoms with van der Waals surface area (Å²) in [6.07, 6.45) is -0.854. The molecule has 0 saturated heterocycles. The molecule has 4 aromatic carbocycles. The third kappa shape index (κ3) is 6.61. The molecule has 4 aromatic rings. The zero-order valence-electron chi connectivity index (χ0n) is 19.1. The average molecular weight is 470 g/mol. The largest absolute Gasteiger partial charge is 0.519 e. The molecule has 0 fully saturated rings. The van der Waals surface area contributed by atoms with E-state index in [1.807, 2.05) is 24.3 Å². The highest BCUT2D eigenvalue weighted by atomic mass is 16.7. The molecule has 0 heterocycles. The molecule has 0 N–H and O–H groups in total. The minimum Gasteiger partial charge on any atom is -0.497 e. The first-order valence-electron chi connectivity index (χ1n) is 10.7. The molecule has 35 heavy (non-hydrogen) atoms. The summed E-state index contributed by atoms with van der Waals surface area (Å²) in [4.78, 5) is 23.2. The van der Waals surface area contributed by atoms with E-state index in [1.165, 1.54) is 6.92 Å². The van der Waals surface area contributed by atoms with Gasteiger partial charge in [0.05, 0.1) is 7.11 Å². The van der Waals surface area contributed by atoms with Crippen molar-refractivity contribution < 1.29 is 33.3 Å². The second kappa shape index (κ2) is 10.9. The van der Waals surface area contributed by atoms with Crippen LogP contribution in [-0.2, 0) is 4.79 Å². The monoisotopic (exact) mass is 470 g/mol. The Hall–Kier alpha value is -4.78. The van der Waals surface area contributed by atoms with Crippen molar-refractivity contribution in [3.8, 4) is 45.6 Å². The fourth-order valence-corrected chi connectivity index (χ4v) is 3.17. The Morgan fingerprint density at radius 2 is 0.829 bits per heavy atom. The smallest absolute Gasteiger partial charge is 0.497 e. The molecular formula is C28H22O7. The van der Waals surface area contributed by atoms with Gasteiger partial charge in [0, 0.05) is 6.92 Å². The second-order valence-electron chi connectivity index (χ2n) is 7.35. The van der Waals surface area contributed by atoms with E-state index >= 15 is 0 Å². The summed E-state index contributed by atoms with van der Waals surface area (Å²) in [7, 11) is 1.60. The summed E-state index contributed by atoms with van der Waals surface area (Å²) < 4.78 is 26.4. The van der Waals surface area contributed by atoms with Gasteiger partial charge < -0.3 is 23.7 Å². The molecule has 4 rings (SSSR count). The van der Waals surface area contributed by atoms with Crippen LogP contribution in [0.2, 0.25) is 0 Å². The number of hydrogen-bond donors (Lipinski definition) is 0. The zero-order valence-corrected chi connectivity index (χ0v) is 19.1. The summed E-state index contributed by atoms with van der Waals surface area (Å²) in [6.45, 7) is 1.35. The number of carbonyl (C=O) groups is 2. The topological polar surface area (TPSA) is 80.3 Å². The van der Waals surface area contributed by atoms with Crippen LogP contribution >= 0.6 is 0 Å². The van der Waals surface area contributed by atoms with Gasteiger partial charge in [-0.05, 0) is 83.9 Å². The molecule has 7 heteroatoms. The maximum atomic E-state index is 12.2. The summed E-state index contributed by atoms with van der Waals surface area (Å²) in [6, 6.07) is 27.9. The van der Waals surface area contributed by atoms with Crippen molar-refractivity contribution >= 4 is 12.1 Å². The first kappa shape index (κ1) is 23.4. The molecule has 0 aromatic heterocycles. The first-order chi connectivity index (χ1) is 17.0. The van der Waals surface area contributed by atoms with Crippen LogP contribution in [-0.4, -0.2) is 19.2 Å². The number of carbonyl (C=O) groups excluding carboxylic acids is 2. The van der Waals surface area contributed by atoms with Gasteiger partial charge in [-0.15, -0.1) is 0 Å². The Labute approximate surface area is 202 Å². The predicted octanol–water partition coefficient (Wildman–Crippen LogP) is 6.66. The maximum Gasteiger partial charge on any atom is 0.519 e. The second-order valence-corrected chi connectivity index (χ2v) is 7.35. The Morgan fingerprint density at radius 3 is 1.23 bits per heavy atom. The van der Waals surface area contributed by atoms with E-state index in [0.29, 0.717) is 28.7 Å². The van der Waals surface area contributed by atoms with Crippen LogP contribution in [0.4, 0.5) is 4.79 Å². The van der Waals surface area contributed by atoms with E-state index in [4.69, 9.17) is 23.7 Å². The van der Waals surface area contributed by atoms with Gasteiger partial charge in [0.1, 0.15) is 34.5 Å². The van der Waals surface area contributed by atoms with Gasteiger partial charge in [-0.3, -0.25) is 4.79 Å². The third-order valence-electron chi connectivity index (χ3n) is 4.82. The molecule has 0 aliphatic heterocycles. The van der Waals surface area contributed by atoms with E-state index in [-0.39, 0.29) is 5.97 Å². The summed E-state index contributed by atoms with van der Waals surface area (Å²) >= 11 is 0. The number of ether oxygens (including phenoxy) is 5. The number of hydrogen-bond acceptors (Lipinski definition) is 7. The van der Waals surface area contributed by atoms with Crippen LogP contribution in [0.3, 0.4) is 0 Å². The van der Waals surface area contributed by atoms with Crippen molar-refractivity contribution in [2.75, 3.05) is 7.11 Å². The molecule has 0 spiro atoms. The Balaban J connectivity index is 1.30. The first-order valence-corrected chi connectivity index (χ1v) is 10.7. The van der Waals surface area contributed by atoms with Crippen LogP contribution < -0.4 is 23.7 Å². The molecule has 0 radical (unpaired) electrons. The summed E-state index contributed by atoms with van der Waals surface area (Å²) in [5, 5.41) is 0. The predicted molar refractivity (Wildman–Crippen MR) is 129 cm³/mol. The van der Waals surface area contributed by atoms with Gasteiger partial charge in [-0.1, -0.05) is 24.3 Å². The third-order valence-corrected chi connectivity index (χ3v) is 4.82. The molecule has 176 valence electrons. The molecule has 0 unspecified atom stereocenters. The van der Waals surface area contributed by atoms with Crippen molar-refractivity contribution in [1.29, 1.82) is 0 Å². The van der Waals surface area contributed by atoms with Gasteiger partial charge in [0.2, 0.25) is 0 Å². The number of benzene rings is 4. The maximum absolute atomic E-state index is 12.2. The van der Waals surface area contributed by atoms with Crippen LogP contribution in [0.1, 0.15) is 6.92 Å². The fraction of sp³-hybridized carbons (Fsp3) is 0.0714. The molecule has 0 saturated carbocycles. The van der Waals surface area contributed by atoms with Crippen LogP contribution in [0, 0.1) is 0 Å². The number of esters is 1. The molecule has 0 aliphatic rings. The van der Waals surface area contributed by atoms with Crippen molar-refractivity contribution in [2.24, 2.45) is 0 Å². The number of methoxy groups -OCH3 is 1. The van der Waals surface area contributed by atoms with Crippen molar-refractivity contribution in [3.63, 3.8) is 0 Å². The van der Waals surface area contributed by atoms with Crippen LogP contribution in [0.25, 0.3) is 11.1 Å². The normalized spacial score (nSPS) is 10.2. The van der Waals surface area contributed by atoms with Crippen molar-refractivity contribution in [3.05, 3.63) is 97.1 Å². The lowest BCUT2D eigenvalue weighted by Gasteiger charge is -2.09. The van der Waals surface area contributed by atoms with Crippen LogP contribution in [0.15, 0.2) is 97.1 Å². The van der Waals surface area contributed by atoms with Gasteiger partial charge in [0.15, 0.2) is 0 Å². The summed E-state index contributed by atoms with van der Waals surface area (Å²) in [5.41, 5.74) is 1.83. The van der Waals surface area contributed by atoms with Crippen molar-refractivity contribution in [1.82, 2.24) is 0 Å². The summed E-state index contributed by atoms with van der Waals surface area (Å²) in [5.74, 6) is 2.75. The Morgan fingerprint density at radius 1 is 0.486 bits per heavy atom. The minimum absolute atomic E-state index is 0.321. The SMILES string of the molecule is COc1ccc(Oc2ccc(OC(=O)Oc3ccc(-c4ccc(OC(C)=O)cc4)cc3)cc2)cc1. The highest BCUT2D eigenvalue weighted by molar-refractivity contribution is 5.71. The molecular weight excluding hydrogens is 448 g/mol. The molecule has 7 nitrogen and oxygen atoms in total. The highest BCUT2D eigenvalue weighted by Gasteiger charge is 2.09. The van der Waals surface area contributed by atoms with Gasteiger partial charge >= 0.3 is 12.1 Å². The van der Waals surface area contributed by atoms with Crippen LogP contribution in [0.5, 0.6) is 34.5 Å². The quantitative estimate of drug-likeness (QED) is 0.170. The Bertz CT molecular complexity index is 1280. The highest BCUT2D eigenvalue weighted by Crippen LogP contribution is 2.27. The number of rotatable bonds is 7. The standard InChI is InChI=1S/C28H22O7/c1-19(29)32-23-7-3-20(4-8-23)21-5-9-26(10-6-21)34-28(30)35-27-17-15-25(16-18-27)33-24-13-11-22(31-2)12-14-24/h3-18H,1-2H3. The Kier molecular flexibility index (Phi) is 7.28.